The van der Waals surface area contributed by atoms with E-state index in [4.69, 9.17) is 5.11 Å². The fraction of sp³-hybridized carbons (Fsp3) is 0.308. The molecule has 0 bridgehead atoms. The van der Waals surface area contributed by atoms with Crippen molar-refractivity contribution < 1.29 is 23.1 Å². The molecule has 0 aliphatic rings. The Hall–Kier alpha value is -2.22. The number of aliphatic carboxylic acids is 1. The number of carbonyl (C=O) groups excluding carboxylic acids is 1. The van der Waals surface area contributed by atoms with Gasteiger partial charge in [-0.25, -0.2) is 18.2 Å². The highest BCUT2D eigenvalue weighted by Crippen LogP contribution is 2.18. The van der Waals surface area contributed by atoms with Crippen LogP contribution in [0, 0.1) is 0 Å². The van der Waals surface area contributed by atoms with Gasteiger partial charge in [-0.3, -0.25) is 4.79 Å². The lowest BCUT2D eigenvalue weighted by Crippen LogP contribution is -2.44. The molecule has 7 nitrogen and oxygen atoms in total. The Kier molecular flexibility index (Phi) is 4.84. The van der Waals surface area contributed by atoms with Crippen molar-refractivity contribution in [1.29, 1.82) is 0 Å². The Labute approximate surface area is 122 Å². The number of rotatable bonds is 5. The van der Waals surface area contributed by atoms with Gasteiger partial charge in [-0.05, 0) is 32.1 Å². The van der Waals surface area contributed by atoms with E-state index in [1.54, 1.807) is 12.1 Å². The molecular formula is C13H16N2O5S. The lowest BCUT2D eigenvalue weighted by atomic mass is 10.2. The lowest BCUT2D eigenvalue weighted by Gasteiger charge is -2.21. The molecule has 1 rings (SSSR count). The van der Waals surface area contributed by atoms with Crippen LogP contribution in [0.4, 0.5) is 5.82 Å². The van der Waals surface area contributed by atoms with E-state index in [1.807, 2.05) is 0 Å². The highest BCUT2D eigenvalue weighted by Gasteiger charge is 2.38. The number of nitrogens with one attached hydrogen (secondary N) is 1. The molecule has 0 spiro atoms. The Morgan fingerprint density at radius 2 is 1.95 bits per heavy atom. The normalized spacial score (nSPS) is 12.3. The summed E-state index contributed by atoms with van der Waals surface area (Å²) in [5, 5.41) is 10.9. The molecule has 1 heterocycles. The molecule has 2 N–H and O–H groups in total. The van der Waals surface area contributed by atoms with Gasteiger partial charge in [0.1, 0.15) is 10.6 Å². The molecule has 1 aromatic rings. The molecule has 0 saturated heterocycles. The zero-order chi connectivity index (χ0) is 16.3. The smallest absolute Gasteiger partial charge is 0.328 e. The summed E-state index contributed by atoms with van der Waals surface area (Å²) in [6.45, 7) is 2.59. The van der Waals surface area contributed by atoms with Crippen molar-refractivity contribution >= 4 is 33.6 Å². The molecule has 114 valence electrons. The minimum atomic E-state index is -3.58. The number of carbonyl (C=O) groups is 2. The van der Waals surface area contributed by atoms with E-state index >= 15 is 0 Å². The monoisotopic (exact) mass is 312 g/mol. The lowest BCUT2D eigenvalue weighted by molar-refractivity contribution is -0.131. The minimum Gasteiger partial charge on any atom is -0.478 e. The fourth-order valence-electron chi connectivity index (χ4n) is 1.21. The van der Waals surface area contributed by atoms with Gasteiger partial charge in [-0.15, -0.1) is 0 Å². The number of amides is 1. The molecule has 0 fully saturated rings. The van der Waals surface area contributed by atoms with Gasteiger partial charge in [0.15, 0.2) is 9.84 Å². The van der Waals surface area contributed by atoms with Crippen molar-refractivity contribution in [2.75, 3.05) is 11.6 Å². The summed E-state index contributed by atoms with van der Waals surface area (Å²) in [5.74, 6) is -1.69. The van der Waals surface area contributed by atoms with E-state index in [0.717, 1.165) is 12.3 Å². The first-order chi connectivity index (χ1) is 9.54. The molecule has 0 aromatic carbocycles. The molecule has 0 atom stereocenters. The first-order valence-corrected chi connectivity index (χ1v) is 7.82. The third-order valence-corrected chi connectivity index (χ3v) is 4.92. The van der Waals surface area contributed by atoms with Crippen LogP contribution < -0.4 is 5.32 Å². The van der Waals surface area contributed by atoms with Crippen molar-refractivity contribution in [2.24, 2.45) is 0 Å². The van der Waals surface area contributed by atoms with Crippen molar-refractivity contribution in [3.8, 4) is 0 Å². The molecule has 0 saturated carbocycles. The summed E-state index contributed by atoms with van der Waals surface area (Å²) in [7, 11) is -3.58. The van der Waals surface area contributed by atoms with Crippen molar-refractivity contribution in [1.82, 2.24) is 4.98 Å². The van der Waals surface area contributed by atoms with E-state index in [-0.39, 0.29) is 5.82 Å². The van der Waals surface area contributed by atoms with Crippen LogP contribution >= 0.6 is 0 Å². The molecule has 0 aliphatic heterocycles. The molecule has 0 radical (unpaired) electrons. The number of pyridine rings is 1. The Morgan fingerprint density at radius 3 is 2.48 bits per heavy atom. The van der Waals surface area contributed by atoms with Crippen LogP contribution in [0.25, 0.3) is 6.08 Å². The van der Waals surface area contributed by atoms with Crippen LogP contribution in [0.5, 0.6) is 0 Å². The fourth-order valence-corrected chi connectivity index (χ4v) is 1.59. The third-order valence-electron chi connectivity index (χ3n) is 2.88. The summed E-state index contributed by atoms with van der Waals surface area (Å²) in [6.07, 6.45) is 3.15. The number of aromatic nitrogens is 1. The summed E-state index contributed by atoms with van der Waals surface area (Å²) in [5.41, 5.74) is 0.326. The summed E-state index contributed by atoms with van der Waals surface area (Å²) < 4.78 is 21.5. The highest BCUT2D eigenvalue weighted by atomic mass is 32.2. The molecule has 0 aliphatic carbocycles. The van der Waals surface area contributed by atoms with Crippen LogP contribution in [-0.4, -0.2) is 41.4 Å². The number of hydrogen-bond acceptors (Lipinski definition) is 5. The van der Waals surface area contributed by atoms with Crippen LogP contribution in [0.2, 0.25) is 0 Å². The largest absolute Gasteiger partial charge is 0.478 e. The summed E-state index contributed by atoms with van der Waals surface area (Å²) in [6, 6.07) is 4.60. The topological polar surface area (TPSA) is 113 Å². The number of hydrogen-bond donors (Lipinski definition) is 2. The number of carboxylic acids is 1. The van der Waals surface area contributed by atoms with Gasteiger partial charge in [0.25, 0.3) is 0 Å². The van der Waals surface area contributed by atoms with Crippen LogP contribution in [-0.2, 0) is 19.4 Å². The zero-order valence-electron chi connectivity index (χ0n) is 11.8. The SMILES string of the molecule is CC(C)(C(=O)Nc1cccc(C=CC(=O)O)n1)S(C)(=O)=O. The second kappa shape index (κ2) is 6.04. The molecule has 1 aromatic heterocycles. The first-order valence-electron chi connectivity index (χ1n) is 5.93. The van der Waals surface area contributed by atoms with Crippen LogP contribution in [0.1, 0.15) is 19.5 Å². The number of sulfone groups is 1. The Balaban J connectivity index is 2.97. The molecule has 1 amide bonds. The zero-order valence-corrected chi connectivity index (χ0v) is 12.6. The summed E-state index contributed by atoms with van der Waals surface area (Å²) >= 11 is 0. The standard InChI is InChI=1S/C13H16N2O5S/c1-13(2,21(3,19)20)12(18)15-10-6-4-5-9(14-10)7-8-11(16)17/h4-8H,1-3H3,(H,16,17)(H,14,15,18). The van der Waals surface area contributed by atoms with E-state index in [1.165, 1.54) is 26.0 Å². The summed E-state index contributed by atoms with van der Waals surface area (Å²) in [4.78, 5) is 26.4. The predicted octanol–water partition coefficient (Wildman–Crippen LogP) is 0.941. The van der Waals surface area contributed by atoms with E-state index in [2.05, 4.69) is 10.3 Å². The van der Waals surface area contributed by atoms with E-state index in [9.17, 15) is 18.0 Å². The van der Waals surface area contributed by atoms with E-state index in [0.29, 0.717) is 5.69 Å². The molecular weight excluding hydrogens is 296 g/mol. The predicted molar refractivity (Wildman–Crippen MR) is 78.5 cm³/mol. The molecule has 0 unspecified atom stereocenters. The first kappa shape index (κ1) is 16.8. The molecule has 8 heteroatoms. The van der Waals surface area contributed by atoms with Crippen LogP contribution in [0.3, 0.4) is 0 Å². The van der Waals surface area contributed by atoms with E-state index < -0.39 is 26.5 Å². The Bertz CT molecular complexity index is 692. The Morgan fingerprint density at radius 1 is 1.33 bits per heavy atom. The van der Waals surface area contributed by atoms with Gasteiger partial charge < -0.3 is 10.4 Å². The minimum absolute atomic E-state index is 0.143. The van der Waals surface area contributed by atoms with Crippen molar-refractivity contribution in [3.63, 3.8) is 0 Å². The molecule has 21 heavy (non-hydrogen) atoms. The average molecular weight is 312 g/mol. The average Bonchev–Trinajstić information content (AvgIpc) is 2.35. The maximum Gasteiger partial charge on any atom is 0.328 e. The highest BCUT2D eigenvalue weighted by molar-refractivity contribution is 7.92. The third kappa shape index (κ3) is 4.38. The van der Waals surface area contributed by atoms with Crippen LogP contribution in [0.15, 0.2) is 24.3 Å². The maximum atomic E-state index is 12.0. The van der Waals surface area contributed by atoms with Crippen molar-refractivity contribution in [3.05, 3.63) is 30.0 Å². The number of carboxylic acid groups (broad SMARTS) is 1. The second-order valence-corrected chi connectivity index (χ2v) is 7.42. The van der Waals surface area contributed by atoms with Gasteiger partial charge in [-0.2, -0.15) is 0 Å². The second-order valence-electron chi connectivity index (χ2n) is 4.86. The van der Waals surface area contributed by atoms with Gasteiger partial charge in [0, 0.05) is 12.3 Å². The van der Waals surface area contributed by atoms with Gasteiger partial charge in [0.2, 0.25) is 5.91 Å². The quantitative estimate of drug-likeness (QED) is 0.782. The number of nitrogens with zero attached hydrogens (tertiary/aromatic N) is 1. The van der Waals surface area contributed by atoms with Crippen molar-refractivity contribution in [2.45, 2.75) is 18.6 Å². The number of anilines is 1. The van der Waals surface area contributed by atoms with Gasteiger partial charge in [-0.1, -0.05) is 6.07 Å². The van der Waals surface area contributed by atoms with Gasteiger partial charge in [0.05, 0.1) is 5.69 Å². The maximum absolute atomic E-state index is 12.0. The van der Waals surface area contributed by atoms with Gasteiger partial charge >= 0.3 is 5.97 Å².